The van der Waals surface area contributed by atoms with Gasteiger partial charge in [0.05, 0.1) is 5.75 Å². The molecule has 0 atom stereocenters. The number of carbonyl (C=O) groups excluding carboxylic acids is 1. The van der Waals surface area contributed by atoms with Crippen LogP contribution in [-0.2, 0) is 11.3 Å². The van der Waals surface area contributed by atoms with Crippen molar-refractivity contribution in [2.24, 2.45) is 0 Å². The lowest BCUT2D eigenvalue weighted by molar-refractivity contribution is -0.118. The predicted octanol–water partition coefficient (Wildman–Crippen LogP) is 4.00. The van der Waals surface area contributed by atoms with Gasteiger partial charge >= 0.3 is 0 Å². The molecule has 0 aliphatic heterocycles. The first-order valence-corrected chi connectivity index (χ1v) is 7.81. The zero-order valence-corrected chi connectivity index (χ0v) is 13.0. The minimum Gasteiger partial charge on any atom is -0.351 e. The van der Waals surface area contributed by atoms with Crippen molar-refractivity contribution in [2.75, 3.05) is 5.75 Å². The van der Waals surface area contributed by atoms with Gasteiger partial charge in [-0.05, 0) is 30.3 Å². The molecule has 2 aromatic carbocycles. The van der Waals surface area contributed by atoms with E-state index in [1.54, 1.807) is 18.2 Å². The first-order chi connectivity index (χ1) is 9.65. The third-order valence-electron chi connectivity index (χ3n) is 2.62. The van der Waals surface area contributed by atoms with E-state index in [0.29, 0.717) is 11.3 Å². The highest BCUT2D eigenvalue weighted by Crippen LogP contribution is 2.20. The Labute approximate surface area is 129 Å². The van der Waals surface area contributed by atoms with E-state index < -0.39 is 0 Å². The summed E-state index contributed by atoms with van der Waals surface area (Å²) in [6.07, 6.45) is 0. The minimum atomic E-state index is -0.298. The Balaban J connectivity index is 1.78. The molecule has 0 aliphatic carbocycles. The zero-order chi connectivity index (χ0) is 14.4. The number of hydrogen-bond donors (Lipinski definition) is 1. The number of benzene rings is 2. The molecule has 0 saturated carbocycles. The molecule has 0 unspecified atom stereocenters. The molecule has 1 N–H and O–H groups in total. The fraction of sp³-hybridized carbons (Fsp3) is 0.133. The lowest BCUT2D eigenvalue weighted by Crippen LogP contribution is -2.24. The van der Waals surface area contributed by atoms with Crippen LogP contribution in [0.5, 0.6) is 0 Å². The molecule has 0 saturated heterocycles. The van der Waals surface area contributed by atoms with Crippen molar-refractivity contribution in [1.82, 2.24) is 5.32 Å². The van der Waals surface area contributed by atoms with Gasteiger partial charge in [0.1, 0.15) is 5.82 Å². The maximum atomic E-state index is 13.4. The molecule has 0 heterocycles. The van der Waals surface area contributed by atoms with Crippen LogP contribution in [0, 0.1) is 5.82 Å². The van der Waals surface area contributed by atoms with Crippen LogP contribution in [0.1, 0.15) is 5.56 Å². The number of thioether (sulfide) groups is 1. The van der Waals surface area contributed by atoms with E-state index in [9.17, 15) is 9.18 Å². The van der Waals surface area contributed by atoms with Crippen molar-refractivity contribution in [3.8, 4) is 0 Å². The maximum absolute atomic E-state index is 13.4. The largest absolute Gasteiger partial charge is 0.351 e. The summed E-state index contributed by atoms with van der Waals surface area (Å²) < 4.78 is 14.4. The summed E-state index contributed by atoms with van der Waals surface area (Å²) in [6.45, 7) is 0.215. The Hall–Kier alpha value is -1.33. The predicted molar refractivity (Wildman–Crippen MR) is 83.1 cm³/mol. The second-order valence-corrected chi connectivity index (χ2v) is 6.08. The summed E-state index contributed by atoms with van der Waals surface area (Å²) in [5.74, 6) is -0.0923. The van der Waals surface area contributed by atoms with Crippen LogP contribution >= 0.6 is 27.7 Å². The summed E-state index contributed by atoms with van der Waals surface area (Å²) in [7, 11) is 0. The Morgan fingerprint density at radius 3 is 2.55 bits per heavy atom. The van der Waals surface area contributed by atoms with Crippen molar-refractivity contribution in [3.05, 3.63) is 64.4 Å². The van der Waals surface area contributed by atoms with Gasteiger partial charge < -0.3 is 5.32 Å². The van der Waals surface area contributed by atoms with E-state index >= 15 is 0 Å². The lowest BCUT2D eigenvalue weighted by Gasteiger charge is -2.06. The molecule has 2 rings (SSSR count). The average molecular weight is 354 g/mol. The summed E-state index contributed by atoms with van der Waals surface area (Å²) in [5.41, 5.74) is 0.495. The van der Waals surface area contributed by atoms with Crippen molar-refractivity contribution >= 4 is 33.6 Å². The first-order valence-electron chi connectivity index (χ1n) is 6.03. The highest BCUT2D eigenvalue weighted by molar-refractivity contribution is 9.10. The maximum Gasteiger partial charge on any atom is 0.230 e. The highest BCUT2D eigenvalue weighted by atomic mass is 79.9. The zero-order valence-electron chi connectivity index (χ0n) is 10.6. The molecule has 2 nitrogen and oxygen atoms in total. The van der Waals surface area contributed by atoms with Crippen LogP contribution < -0.4 is 5.32 Å². The monoisotopic (exact) mass is 353 g/mol. The SMILES string of the molecule is O=C(CSc1ccc(Br)cc1)NCc1ccccc1F. The minimum absolute atomic E-state index is 0.110. The summed E-state index contributed by atoms with van der Waals surface area (Å²) in [6, 6.07) is 14.2. The quantitative estimate of drug-likeness (QED) is 0.823. The summed E-state index contributed by atoms with van der Waals surface area (Å²) in [5, 5.41) is 2.71. The van der Waals surface area contributed by atoms with Gasteiger partial charge in [0, 0.05) is 21.5 Å². The van der Waals surface area contributed by atoms with E-state index in [1.807, 2.05) is 24.3 Å². The number of halogens is 2. The van der Waals surface area contributed by atoms with Gasteiger partial charge in [-0.3, -0.25) is 4.79 Å². The molecule has 20 heavy (non-hydrogen) atoms. The number of carbonyl (C=O) groups is 1. The molecule has 0 spiro atoms. The van der Waals surface area contributed by atoms with E-state index in [1.165, 1.54) is 17.8 Å². The number of hydrogen-bond acceptors (Lipinski definition) is 2. The number of nitrogens with one attached hydrogen (secondary N) is 1. The van der Waals surface area contributed by atoms with Crippen molar-refractivity contribution in [1.29, 1.82) is 0 Å². The molecule has 0 radical (unpaired) electrons. The molecule has 5 heteroatoms. The first kappa shape index (κ1) is 15.1. The summed E-state index contributed by atoms with van der Waals surface area (Å²) in [4.78, 5) is 12.7. The average Bonchev–Trinajstić information content (AvgIpc) is 2.46. The molecule has 0 aromatic heterocycles. The molecule has 0 bridgehead atoms. The van der Waals surface area contributed by atoms with Gasteiger partial charge in [-0.2, -0.15) is 0 Å². The molecule has 2 aromatic rings. The van der Waals surface area contributed by atoms with Crippen LogP contribution in [0.25, 0.3) is 0 Å². The van der Waals surface area contributed by atoms with Gasteiger partial charge in [-0.15, -0.1) is 11.8 Å². The van der Waals surface area contributed by atoms with E-state index in [4.69, 9.17) is 0 Å². The topological polar surface area (TPSA) is 29.1 Å². The van der Waals surface area contributed by atoms with Gasteiger partial charge in [-0.25, -0.2) is 4.39 Å². The van der Waals surface area contributed by atoms with E-state index in [2.05, 4.69) is 21.2 Å². The molecule has 104 valence electrons. The summed E-state index contributed by atoms with van der Waals surface area (Å²) >= 11 is 4.81. The normalized spacial score (nSPS) is 10.3. The second kappa shape index (κ2) is 7.45. The van der Waals surface area contributed by atoms with Crippen LogP contribution in [0.3, 0.4) is 0 Å². The highest BCUT2D eigenvalue weighted by Gasteiger charge is 2.05. The fourth-order valence-electron chi connectivity index (χ4n) is 1.57. The van der Waals surface area contributed by atoms with Gasteiger partial charge in [0.15, 0.2) is 0 Å². The van der Waals surface area contributed by atoms with Crippen LogP contribution in [-0.4, -0.2) is 11.7 Å². The molecule has 1 amide bonds. The Kier molecular flexibility index (Phi) is 5.61. The molecular weight excluding hydrogens is 341 g/mol. The third kappa shape index (κ3) is 4.65. The van der Waals surface area contributed by atoms with Crippen molar-refractivity contribution < 1.29 is 9.18 Å². The standard InChI is InChI=1S/C15H13BrFNOS/c16-12-5-7-13(8-6-12)20-10-15(19)18-9-11-3-1-2-4-14(11)17/h1-8H,9-10H2,(H,18,19). The number of amides is 1. The number of rotatable bonds is 5. The Morgan fingerprint density at radius 2 is 1.85 bits per heavy atom. The molecule has 0 aliphatic rings. The third-order valence-corrected chi connectivity index (χ3v) is 4.16. The fourth-order valence-corrected chi connectivity index (χ4v) is 2.56. The lowest BCUT2D eigenvalue weighted by atomic mass is 10.2. The van der Waals surface area contributed by atoms with E-state index in [0.717, 1.165) is 9.37 Å². The van der Waals surface area contributed by atoms with Crippen LogP contribution in [0.4, 0.5) is 4.39 Å². The van der Waals surface area contributed by atoms with Crippen LogP contribution in [0.15, 0.2) is 57.9 Å². The second-order valence-electron chi connectivity index (χ2n) is 4.11. The Morgan fingerprint density at radius 1 is 1.15 bits per heavy atom. The smallest absolute Gasteiger partial charge is 0.230 e. The van der Waals surface area contributed by atoms with Crippen LogP contribution in [0.2, 0.25) is 0 Å². The molecular formula is C15H13BrFNOS. The van der Waals surface area contributed by atoms with Crippen molar-refractivity contribution in [3.63, 3.8) is 0 Å². The molecule has 0 fully saturated rings. The Bertz CT molecular complexity index is 589. The van der Waals surface area contributed by atoms with Gasteiger partial charge in [0.25, 0.3) is 0 Å². The van der Waals surface area contributed by atoms with Gasteiger partial charge in [-0.1, -0.05) is 34.1 Å². The van der Waals surface area contributed by atoms with Crippen molar-refractivity contribution in [2.45, 2.75) is 11.4 Å². The van der Waals surface area contributed by atoms with E-state index in [-0.39, 0.29) is 18.3 Å². The van der Waals surface area contributed by atoms with Gasteiger partial charge in [0.2, 0.25) is 5.91 Å².